The van der Waals surface area contributed by atoms with Gasteiger partial charge in [0.1, 0.15) is 5.75 Å². The number of methoxy groups -OCH3 is 1. The third-order valence-corrected chi connectivity index (χ3v) is 6.05. The van der Waals surface area contributed by atoms with Crippen molar-refractivity contribution in [2.75, 3.05) is 22.5 Å². The molecule has 0 heterocycles. The van der Waals surface area contributed by atoms with Crippen LogP contribution in [-0.2, 0) is 10.0 Å². The summed E-state index contributed by atoms with van der Waals surface area (Å²) < 4.78 is 32.8. The van der Waals surface area contributed by atoms with E-state index in [1.54, 1.807) is 55.6 Å². The molecule has 3 aromatic rings. The fourth-order valence-corrected chi connectivity index (χ4v) is 4.06. The first-order valence-electron chi connectivity index (χ1n) is 8.88. The maximum absolute atomic E-state index is 12.6. The molecule has 0 saturated heterocycles. The SMILES string of the molecule is COc1ccc(NS(=O)(=O)c2ccc(NC(=S)Nc3cc(Cl)ccc3C)cc2)cc1. The third kappa shape index (κ3) is 5.63. The van der Waals surface area contributed by atoms with Gasteiger partial charge in [0, 0.05) is 22.1 Å². The molecule has 0 saturated carbocycles. The minimum atomic E-state index is -3.72. The molecule has 0 aliphatic carbocycles. The molecule has 3 rings (SSSR count). The van der Waals surface area contributed by atoms with Gasteiger partial charge in [0.15, 0.2) is 5.11 Å². The van der Waals surface area contributed by atoms with Crippen molar-refractivity contribution in [2.24, 2.45) is 0 Å². The fraction of sp³-hybridized carbons (Fsp3) is 0.0952. The molecular formula is C21H20ClN3O3S2. The highest BCUT2D eigenvalue weighted by Crippen LogP contribution is 2.22. The van der Waals surface area contributed by atoms with E-state index < -0.39 is 10.0 Å². The Morgan fingerprint density at radius 1 is 0.933 bits per heavy atom. The van der Waals surface area contributed by atoms with Crippen molar-refractivity contribution < 1.29 is 13.2 Å². The topological polar surface area (TPSA) is 79.5 Å². The fourth-order valence-electron chi connectivity index (χ4n) is 2.60. The second-order valence-electron chi connectivity index (χ2n) is 6.40. The zero-order valence-electron chi connectivity index (χ0n) is 16.3. The van der Waals surface area contributed by atoms with Crippen LogP contribution in [0, 0.1) is 6.92 Å². The van der Waals surface area contributed by atoms with Crippen LogP contribution in [0.1, 0.15) is 5.56 Å². The van der Waals surface area contributed by atoms with E-state index in [2.05, 4.69) is 15.4 Å². The number of hydrogen-bond donors (Lipinski definition) is 3. The number of aryl methyl sites for hydroxylation is 1. The van der Waals surface area contributed by atoms with E-state index in [9.17, 15) is 8.42 Å². The van der Waals surface area contributed by atoms with Crippen LogP contribution in [0.2, 0.25) is 5.02 Å². The van der Waals surface area contributed by atoms with Crippen molar-refractivity contribution in [3.8, 4) is 5.75 Å². The third-order valence-electron chi connectivity index (χ3n) is 4.21. The van der Waals surface area contributed by atoms with Gasteiger partial charge in [-0.3, -0.25) is 4.72 Å². The lowest BCUT2D eigenvalue weighted by Gasteiger charge is -2.13. The number of nitrogens with one attached hydrogen (secondary N) is 3. The highest BCUT2D eigenvalue weighted by molar-refractivity contribution is 7.92. The predicted octanol–water partition coefficient (Wildman–Crippen LogP) is 5.27. The summed E-state index contributed by atoms with van der Waals surface area (Å²) >= 11 is 11.3. The number of anilines is 3. The van der Waals surface area contributed by atoms with Crippen molar-refractivity contribution >= 4 is 56.0 Å². The van der Waals surface area contributed by atoms with E-state index in [1.807, 2.05) is 13.0 Å². The zero-order chi connectivity index (χ0) is 21.7. The molecule has 0 bridgehead atoms. The molecule has 6 nitrogen and oxygen atoms in total. The van der Waals surface area contributed by atoms with E-state index in [4.69, 9.17) is 28.6 Å². The largest absolute Gasteiger partial charge is 0.497 e. The quantitative estimate of drug-likeness (QED) is 0.434. The molecule has 156 valence electrons. The molecule has 0 radical (unpaired) electrons. The van der Waals surface area contributed by atoms with Gasteiger partial charge in [-0.25, -0.2) is 8.42 Å². The Morgan fingerprint density at radius 3 is 2.20 bits per heavy atom. The van der Waals surface area contributed by atoms with Gasteiger partial charge in [-0.1, -0.05) is 17.7 Å². The molecule has 0 unspecified atom stereocenters. The molecule has 3 N–H and O–H groups in total. The maximum Gasteiger partial charge on any atom is 0.261 e. The van der Waals surface area contributed by atoms with Crippen LogP contribution < -0.4 is 20.1 Å². The maximum atomic E-state index is 12.6. The Hall–Kier alpha value is -2.81. The zero-order valence-corrected chi connectivity index (χ0v) is 18.7. The van der Waals surface area contributed by atoms with Gasteiger partial charge in [-0.15, -0.1) is 0 Å². The minimum Gasteiger partial charge on any atom is -0.497 e. The van der Waals surface area contributed by atoms with Crippen LogP contribution in [0.5, 0.6) is 5.75 Å². The average Bonchev–Trinajstić information content (AvgIpc) is 2.71. The summed E-state index contributed by atoms with van der Waals surface area (Å²) in [5.41, 5.74) is 2.88. The first-order chi connectivity index (χ1) is 14.3. The highest BCUT2D eigenvalue weighted by atomic mass is 35.5. The molecule has 9 heteroatoms. The van der Waals surface area contributed by atoms with Crippen molar-refractivity contribution in [1.29, 1.82) is 0 Å². The minimum absolute atomic E-state index is 0.133. The van der Waals surface area contributed by atoms with Crippen molar-refractivity contribution in [3.05, 3.63) is 77.3 Å². The number of hydrogen-bond acceptors (Lipinski definition) is 4. The van der Waals surface area contributed by atoms with E-state index in [-0.39, 0.29) is 4.90 Å². The number of rotatable bonds is 6. The summed E-state index contributed by atoms with van der Waals surface area (Å²) in [5.74, 6) is 0.644. The predicted molar refractivity (Wildman–Crippen MR) is 126 cm³/mol. The molecule has 0 aliphatic heterocycles. The monoisotopic (exact) mass is 461 g/mol. The summed E-state index contributed by atoms with van der Waals surface area (Å²) in [6.45, 7) is 1.94. The molecule has 0 spiro atoms. The van der Waals surface area contributed by atoms with Gasteiger partial charge < -0.3 is 15.4 Å². The number of ether oxygens (including phenoxy) is 1. The van der Waals surface area contributed by atoms with Crippen molar-refractivity contribution in [2.45, 2.75) is 11.8 Å². The highest BCUT2D eigenvalue weighted by Gasteiger charge is 2.14. The summed E-state index contributed by atoms with van der Waals surface area (Å²) in [6, 6.07) is 18.4. The number of thiocarbonyl (C=S) groups is 1. The lowest BCUT2D eigenvalue weighted by atomic mass is 10.2. The van der Waals surface area contributed by atoms with Crippen LogP contribution in [0.25, 0.3) is 0 Å². The second-order valence-corrected chi connectivity index (χ2v) is 8.92. The smallest absolute Gasteiger partial charge is 0.261 e. The number of benzene rings is 3. The van der Waals surface area contributed by atoms with E-state index >= 15 is 0 Å². The van der Waals surface area contributed by atoms with Crippen molar-refractivity contribution in [1.82, 2.24) is 0 Å². The van der Waals surface area contributed by atoms with Gasteiger partial charge in [-0.2, -0.15) is 0 Å². The Kier molecular flexibility index (Phi) is 6.81. The van der Waals surface area contributed by atoms with E-state index in [1.165, 1.54) is 12.1 Å². The van der Waals surface area contributed by atoms with Crippen LogP contribution in [0.15, 0.2) is 71.6 Å². The van der Waals surface area contributed by atoms with Crippen molar-refractivity contribution in [3.63, 3.8) is 0 Å². The molecule has 0 aromatic heterocycles. The molecule has 0 fully saturated rings. The standard InChI is InChI=1S/C21H20ClN3O3S2/c1-14-3-4-15(22)13-20(14)24-21(29)23-16-7-11-19(12-8-16)30(26,27)25-17-5-9-18(28-2)10-6-17/h3-13,25H,1-2H3,(H2,23,24,29). The van der Waals surface area contributed by atoms with Crippen LogP contribution >= 0.6 is 23.8 Å². The Bertz CT molecular complexity index is 1150. The molecular weight excluding hydrogens is 442 g/mol. The Morgan fingerprint density at radius 2 is 1.57 bits per heavy atom. The van der Waals surface area contributed by atoms with E-state index in [0.717, 1.165) is 11.3 Å². The second kappa shape index (κ2) is 9.34. The summed E-state index contributed by atoms with van der Waals surface area (Å²) in [7, 11) is -2.17. The van der Waals surface area contributed by atoms with Crippen LogP contribution in [0.3, 0.4) is 0 Å². The number of halogens is 1. The normalized spacial score (nSPS) is 10.9. The van der Waals surface area contributed by atoms with E-state index in [0.29, 0.717) is 27.3 Å². The molecule has 0 aliphatic rings. The summed E-state index contributed by atoms with van der Waals surface area (Å²) in [5, 5.41) is 7.08. The first kappa shape index (κ1) is 21.9. The van der Waals surface area contributed by atoms with Gasteiger partial charge in [0.25, 0.3) is 10.0 Å². The average molecular weight is 462 g/mol. The Balaban J connectivity index is 1.66. The first-order valence-corrected chi connectivity index (χ1v) is 11.1. The Labute approximate surface area is 186 Å². The van der Waals surface area contributed by atoms with Gasteiger partial charge in [0.05, 0.1) is 12.0 Å². The van der Waals surface area contributed by atoms with Crippen LogP contribution in [-0.4, -0.2) is 20.6 Å². The van der Waals surface area contributed by atoms with Gasteiger partial charge in [0.2, 0.25) is 0 Å². The lowest BCUT2D eigenvalue weighted by Crippen LogP contribution is -2.19. The molecule has 30 heavy (non-hydrogen) atoms. The summed E-state index contributed by atoms with van der Waals surface area (Å²) in [6.07, 6.45) is 0. The summed E-state index contributed by atoms with van der Waals surface area (Å²) in [4.78, 5) is 0.133. The lowest BCUT2D eigenvalue weighted by molar-refractivity contribution is 0.415. The number of sulfonamides is 1. The van der Waals surface area contributed by atoms with Gasteiger partial charge >= 0.3 is 0 Å². The molecule has 3 aromatic carbocycles. The van der Waals surface area contributed by atoms with Crippen LogP contribution in [0.4, 0.5) is 17.1 Å². The van der Waals surface area contributed by atoms with Gasteiger partial charge in [-0.05, 0) is 85.4 Å². The molecule has 0 atom stereocenters. The molecule has 0 amide bonds.